The van der Waals surface area contributed by atoms with E-state index in [9.17, 15) is 22.8 Å². The first kappa shape index (κ1) is 22.1. The molecule has 1 aromatic carbocycles. The summed E-state index contributed by atoms with van der Waals surface area (Å²) < 4.78 is 37.5. The van der Waals surface area contributed by atoms with Gasteiger partial charge in [-0.3, -0.25) is 9.69 Å². The highest BCUT2D eigenvalue weighted by Gasteiger charge is 2.36. The molecule has 29 heavy (non-hydrogen) atoms. The molecule has 10 heteroatoms. The van der Waals surface area contributed by atoms with Gasteiger partial charge in [0, 0.05) is 18.2 Å². The van der Waals surface area contributed by atoms with Gasteiger partial charge in [-0.25, -0.2) is 23.5 Å². The molecular formula is C19H21F3N4O3. The Morgan fingerprint density at radius 1 is 1.28 bits per heavy atom. The molecular weight excluding hydrogens is 389 g/mol. The van der Waals surface area contributed by atoms with Crippen LogP contribution in [0.25, 0.3) is 0 Å². The van der Waals surface area contributed by atoms with Crippen LogP contribution in [0.3, 0.4) is 0 Å². The molecule has 0 unspecified atom stereocenters. The molecule has 1 aliphatic heterocycles. The molecule has 2 amide bonds. The number of aromatic nitrogens is 2. The van der Waals surface area contributed by atoms with E-state index in [0.717, 1.165) is 0 Å². The van der Waals surface area contributed by atoms with Crippen molar-refractivity contribution in [3.05, 3.63) is 48.3 Å². The lowest BCUT2D eigenvalue weighted by atomic mass is 10.1. The van der Waals surface area contributed by atoms with Crippen molar-refractivity contribution in [1.29, 1.82) is 0 Å². The highest BCUT2D eigenvalue weighted by atomic mass is 19.3. The van der Waals surface area contributed by atoms with E-state index < -0.39 is 13.0 Å². The van der Waals surface area contributed by atoms with Gasteiger partial charge in [-0.1, -0.05) is 12.1 Å². The molecule has 156 valence electrons. The van der Waals surface area contributed by atoms with Gasteiger partial charge in [-0.05, 0) is 26.0 Å². The van der Waals surface area contributed by atoms with E-state index in [1.165, 1.54) is 22.2 Å². The molecule has 2 heterocycles. The molecule has 3 rings (SSSR count). The number of hydrogen-bond donors (Lipinski definition) is 0. The standard InChI is InChI=1S/C18H19FN4O3.CH2F2/c1-3-26-15-6-4-5-13(7-15)16(24)11-22-12(2)10-23(18(22)25)14-8-20-17(19)21-9-14;2-1-3/h4-9,12H,3,10-11H2,1-2H3;1H2/t12-;/m0./s1. The second-order valence-corrected chi connectivity index (χ2v) is 6.07. The van der Waals surface area contributed by atoms with Gasteiger partial charge in [0.05, 0.1) is 31.2 Å². The number of rotatable bonds is 6. The number of hydrogen-bond acceptors (Lipinski definition) is 5. The zero-order valence-corrected chi connectivity index (χ0v) is 16.0. The van der Waals surface area contributed by atoms with Crippen LogP contribution in [0.2, 0.25) is 0 Å². The lowest BCUT2D eigenvalue weighted by Crippen LogP contribution is -2.38. The predicted octanol–water partition coefficient (Wildman–Crippen LogP) is 3.41. The SMILES string of the molecule is CCOc1cccc(C(=O)CN2C(=O)N(c3cnc(F)nc3)C[C@@H]2C)c1.FCF. The first-order valence-electron chi connectivity index (χ1n) is 8.84. The van der Waals surface area contributed by atoms with E-state index in [2.05, 4.69) is 9.97 Å². The van der Waals surface area contributed by atoms with E-state index in [4.69, 9.17) is 4.74 Å². The third-order valence-corrected chi connectivity index (χ3v) is 4.15. The van der Waals surface area contributed by atoms with Crippen molar-refractivity contribution in [3.63, 3.8) is 0 Å². The van der Waals surface area contributed by atoms with E-state index in [0.29, 0.717) is 30.2 Å². The lowest BCUT2D eigenvalue weighted by molar-refractivity contribution is 0.0940. The highest BCUT2D eigenvalue weighted by Crippen LogP contribution is 2.23. The monoisotopic (exact) mass is 410 g/mol. The summed E-state index contributed by atoms with van der Waals surface area (Å²) in [5.74, 6) is 0.438. The largest absolute Gasteiger partial charge is 0.494 e. The fourth-order valence-electron chi connectivity index (χ4n) is 2.84. The number of benzene rings is 1. The zero-order valence-electron chi connectivity index (χ0n) is 16.0. The van der Waals surface area contributed by atoms with Crippen LogP contribution in [0.5, 0.6) is 5.75 Å². The van der Waals surface area contributed by atoms with Crippen LogP contribution in [0.1, 0.15) is 24.2 Å². The molecule has 1 atom stereocenters. The number of Topliss-reactive ketones (excluding diaryl/α,β-unsaturated/α-hetero) is 1. The molecule has 0 radical (unpaired) electrons. The lowest BCUT2D eigenvalue weighted by Gasteiger charge is -2.20. The Balaban J connectivity index is 0.000000941. The van der Waals surface area contributed by atoms with Crippen molar-refractivity contribution < 1.29 is 27.5 Å². The van der Waals surface area contributed by atoms with Crippen LogP contribution < -0.4 is 9.64 Å². The van der Waals surface area contributed by atoms with E-state index in [1.54, 1.807) is 24.3 Å². The first-order valence-corrected chi connectivity index (χ1v) is 8.84. The minimum Gasteiger partial charge on any atom is -0.494 e. The number of anilines is 1. The van der Waals surface area contributed by atoms with Gasteiger partial charge in [0.1, 0.15) is 5.75 Å². The first-order chi connectivity index (χ1) is 13.9. The smallest absolute Gasteiger partial charge is 0.325 e. The molecule has 0 saturated carbocycles. The number of urea groups is 1. The van der Waals surface area contributed by atoms with Crippen molar-refractivity contribution >= 4 is 17.5 Å². The maximum Gasteiger partial charge on any atom is 0.325 e. The number of amides is 2. The van der Waals surface area contributed by atoms with Crippen LogP contribution in [-0.4, -0.2) is 59.3 Å². The molecule has 1 aliphatic rings. The maximum absolute atomic E-state index is 12.9. The zero-order chi connectivity index (χ0) is 21.4. The summed E-state index contributed by atoms with van der Waals surface area (Å²) in [6.07, 6.45) is 1.66. The molecule has 0 aliphatic carbocycles. The molecule has 0 N–H and O–H groups in total. The Morgan fingerprint density at radius 2 is 1.93 bits per heavy atom. The van der Waals surface area contributed by atoms with E-state index in [1.807, 2.05) is 13.8 Å². The number of nitrogens with zero attached hydrogens (tertiary/aromatic N) is 4. The van der Waals surface area contributed by atoms with Gasteiger partial charge in [-0.2, -0.15) is 4.39 Å². The van der Waals surface area contributed by atoms with E-state index in [-0.39, 0.29) is 24.4 Å². The van der Waals surface area contributed by atoms with Gasteiger partial charge in [0.15, 0.2) is 5.78 Å². The van der Waals surface area contributed by atoms with Crippen molar-refractivity contribution in [2.45, 2.75) is 19.9 Å². The number of ether oxygens (including phenoxy) is 1. The Kier molecular flexibility index (Phi) is 7.93. The molecule has 7 nitrogen and oxygen atoms in total. The minimum absolute atomic E-state index is 0.0475. The number of ketones is 1. The van der Waals surface area contributed by atoms with Crippen LogP contribution in [0.4, 0.5) is 23.7 Å². The van der Waals surface area contributed by atoms with Crippen LogP contribution >= 0.6 is 0 Å². The van der Waals surface area contributed by atoms with Crippen molar-refractivity contribution in [2.24, 2.45) is 0 Å². The molecule has 1 fully saturated rings. The number of halogens is 3. The van der Waals surface area contributed by atoms with Gasteiger partial charge in [0.2, 0.25) is 6.93 Å². The number of carbonyl (C=O) groups excluding carboxylic acids is 2. The summed E-state index contributed by atoms with van der Waals surface area (Å²) in [5.41, 5.74) is 0.885. The maximum atomic E-state index is 12.9. The Morgan fingerprint density at radius 3 is 2.55 bits per heavy atom. The summed E-state index contributed by atoms with van der Waals surface area (Å²) >= 11 is 0. The Labute approximate surface area is 166 Å². The molecule has 2 aromatic rings. The van der Waals surface area contributed by atoms with Gasteiger partial charge in [-0.15, -0.1) is 0 Å². The van der Waals surface area contributed by atoms with Gasteiger partial charge < -0.3 is 9.64 Å². The topological polar surface area (TPSA) is 75.6 Å². The van der Waals surface area contributed by atoms with Crippen molar-refractivity contribution in [3.8, 4) is 5.75 Å². The number of carbonyl (C=O) groups is 2. The molecule has 0 spiro atoms. The summed E-state index contributed by atoms with van der Waals surface area (Å²) in [6, 6.07) is 6.38. The molecule has 1 saturated heterocycles. The normalized spacial score (nSPS) is 15.8. The Bertz CT molecular complexity index is 836. The average Bonchev–Trinajstić information content (AvgIpc) is 2.98. The van der Waals surface area contributed by atoms with Crippen LogP contribution in [0.15, 0.2) is 36.7 Å². The van der Waals surface area contributed by atoms with Crippen molar-refractivity contribution in [1.82, 2.24) is 14.9 Å². The minimum atomic E-state index is -1.75. The van der Waals surface area contributed by atoms with Gasteiger partial charge >= 0.3 is 12.1 Å². The molecule has 1 aromatic heterocycles. The second-order valence-electron chi connectivity index (χ2n) is 6.07. The Hall–Kier alpha value is -3.17. The van der Waals surface area contributed by atoms with Crippen molar-refractivity contribution in [2.75, 3.05) is 31.5 Å². The quantitative estimate of drug-likeness (QED) is 0.539. The summed E-state index contributed by atoms with van der Waals surface area (Å²) in [4.78, 5) is 35.1. The highest BCUT2D eigenvalue weighted by molar-refractivity contribution is 6.02. The fraction of sp³-hybridized carbons (Fsp3) is 0.368. The third-order valence-electron chi connectivity index (χ3n) is 4.15. The number of alkyl halides is 2. The summed E-state index contributed by atoms with van der Waals surface area (Å²) in [7, 11) is 0. The average molecular weight is 410 g/mol. The summed E-state index contributed by atoms with van der Waals surface area (Å²) in [5, 5.41) is 0. The fourth-order valence-corrected chi connectivity index (χ4v) is 2.84. The van der Waals surface area contributed by atoms with Crippen LogP contribution in [-0.2, 0) is 0 Å². The van der Waals surface area contributed by atoms with Gasteiger partial charge in [0.25, 0.3) is 0 Å². The van der Waals surface area contributed by atoms with E-state index >= 15 is 0 Å². The molecule has 0 bridgehead atoms. The summed E-state index contributed by atoms with van der Waals surface area (Å²) in [6.45, 7) is 2.81. The second kappa shape index (κ2) is 10.4. The predicted molar refractivity (Wildman–Crippen MR) is 99.9 cm³/mol. The third kappa shape index (κ3) is 5.66. The van der Waals surface area contributed by atoms with Crippen LogP contribution in [0, 0.1) is 6.08 Å².